The van der Waals surface area contributed by atoms with Crippen LogP contribution in [0.4, 0.5) is 16.8 Å². The number of fused-ring (bicyclic) bond motifs is 2. The second-order valence-electron chi connectivity index (χ2n) is 15.7. The van der Waals surface area contributed by atoms with Gasteiger partial charge in [-0.05, 0) is 75.5 Å². The number of hydrogen-bond acceptors (Lipinski definition) is 11. The van der Waals surface area contributed by atoms with Crippen LogP contribution in [0, 0.1) is 6.92 Å². The number of nitrogens with zero attached hydrogens (tertiary/aromatic N) is 6. The van der Waals surface area contributed by atoms with Gasteiger partial charge in [-0.1, -0.05) is 81.3 Å². The van der Waals surface area contributed by atoms with E-state index >= 15 is 0 Å². The minimum absolute atomic E-state index is 0.113. The van der Waals surface area contributed by atoms with Crippen molar-refractivity contribution in [3.05, 3.63) is 56.8 Å². The number of hydrogen-bond donors (Lipinski definition) is 0. The number of aromatic nitrogens is 4. The summed E-state index contributed by atoms with van der Waals surface area (Å²) in [4.78, 5) is 26.7. The van der Waals surface area contributed by atoms with Gasteiger partial charge in [0.05, 0.1) is 28.3 Å². The number of anilines is 2. The van der Waals surface area contributed by atoms with E-state index in [2.05, 4.69) is 94.2 Å². The number of carbonyl (C=O) groups is 1. The first kappa shape index (κ1) is 39.2. The quantitative estimate of drug-likeness (QED) is 0.0754. The molecule has 276 valence electrons. The Morgan fingerprint density at radius 3 is 2.57 bits per heavy atom. The largest absolute Gasteiger partial charge is 0.461 e. The monoisotopic (exact) mass is 766 g/mol. The maximum absolute atomic E-state index is 13.1. The number of rotatable bonds is 13. The van der Waals surface area contributed by atoms with Crippen LogP contribution in [0.25, 0.3) is 16.3 Å². The SMILES string of the molecule is CCOC(=O)c1nc(N2CCCCc3c2nnc(/N=c2\sc4ccccc4n2COCC[Si](C)(C)C)c3C)sc1/C=C/CO[Si](C)(C)C(C)(C)C. The number of para-hydroxylation sites is 1. The molecule has 4 heterocycles. The molecule has 0 atom stereocenters. The lowest BCUT2D eigenvalue weighted by Crippen LogP contribution is -2.40. The van der Waals surface area contributed by atoms with Crippen molar-refractivity contribution in [2.45, 2.75) is 104 Å². The van der Waals surface area contributed by atoms with Gasteiger partial charge in [0.15, 0.2) is 35.6 Å². The third-order valence-electron chi connectivity index (χ3n) is 9.58. The summed E-state index contributed by atoms with van der Waals surface area (Å²) in [6, 6.07) is 9.45. The molecule has 4 aromatic rings. The topological polar surface area (TPSA) is 104 Å². The molecule has 0 unspecified atom stereocenters. The second kappa shape index (κ2) is 16.3. The Kier molecular flexibility index (Phi) is 12.6. The molecule has 0 spiro atoms. The first-order valence-electron chi connectivity index (χ1n) is 17.9. The number of esters is 1. The Bertz CT molecular complexity index is 1940. The summed E-state index contributed by atoms with van der Waals surface area (Å²) in [5, 5.41) is 10.3. The predicted octanol–water partition coefficient (Wildman–Crippen LogP) is 9.49. The fourth-order valence-corrected chi connectivity index (χ4v) is 9.13. The zero-order chi connectivity index (χ0) is 37.0. The molecule has 51 heavy (non-hydrogen) atoms. The van der Waals surface area contributed by atoms with Crippen LogP contribution in [0.1, 0.15) is 67.0 Å². The minimum Gasteiger partial charge on any atom is -0.461 e. The molecule has 1 aliphatic rings. The molecular weight excluding hydrogens is 713 g/mol. The number of benzene rings is 1. The third kappa shape index (κ3) is 9.51. The molecule has 1 aromatic carbocycles. The molecule has 0 N–H and O–H groups in total. The van der Waals surface area contributed by atoms with Crippen molar-refractivity contribution in [1.82, 2.24) is 19.7 Å². The van der Waals surface area contributed by atoms with E-state index in [1.807, 2.05) is 19.1 Å². The highest BCUT2D eigenvalue weighted by molar-refractivity contribution is 7.17. The van der Waals surface area contributed by atoms with Crippen LogP contribution < -0.4 is 9.70 Å². The van der Waals surface area contributed by atoms with Gasteiger partial charge in [0.25, 0.3) is 0 Å². The molecule has 0 bridgehead atoms. The maximum atomic E-state index is 13.1. The summed E-state index contributed by atoms with van der Waals surface area (Å²) in [5.74, 6) is 0.941. The van der Waals surface area contributed by atoms with Gasteiger partial charge >= 0.3 is 5.97 Å². The van der Waals surface area contributed by atoms with E-state index in [1.165, 1.54) is 11.3 Å². The van der Waals surface area contributed by atoms with Crippen LogP contribution >= 0.6 is 22.7 Å². The Hall–Kier alpha value is -3.02. The Morgan fingerprint density at radius 2 is 1.84 bits per heavy atom. The van der Waals surface area contributed by atoms with Gasteiger partial charge in [0, 0.05) is 32.4 Å². The minimum atomic E-state index is -1.91. The fraction of sp³-hybridized carbons (Fsp3) is 0.541. The Balaban J connectivity index is 1.48. The standard InChI is InChI=1S/C37H54N6O4S2Si2/c1-11-46-34(44)31-30(20-16-22-47-51(9,10)37(3,4)5)49-35(38-31)42-21-15-14-17-27-26(2)32(40-41-33(27)42)39-36-43(25-45-23-24-50(6,7)8)28-18-12-13-19-29(28)48-36/h12-13,16,18-20H,11,14-15,17,21-25H2,1-10H3/b20-16+,39-36-. The van der Waals surface area contributed by atoms with Crippen molar-refractivity contribution in [1.29, 1.82) is 0 Å². The smallest absolute Gasteiger partial charge is 0.358 e. The Labute approximate surface area is 312 Å². The Morgan fingerprint density at radius 1 is 1.08 bits per heavy atom. The van der Waals surface area contributed by atoms with Gasteiger partial charge < -0.3 is 18.8 Å². The molecule has 10 nitrogen and oxygen atoms in total. The van der Waals surface area contributed by atoms with Crippen molar-refractivity contribution in [3.63, 3.8) is 0 Å². The average molecular weight is 767 g/mol. The molecule has 0 amide bonds. The maximum Gasteiger partial charge on any atom is 0.358 e. The van der Waals surface area contributed by atoms with Gasteiger partial charge in [0.1, 0.15) is 6.73 Å². The van der Waals surface area contributed by atoms with Crippen LogP contribution in [0.5, 0.6) is 0 Å². The molecule has 0 aliphatic carbocycles. The van der Waals surface area contributed by atoms with Crippen LogP contribution in [0.2, 0.25) is 43.8 Å². The van der Waals surface area contributed by atoms with E-state index in [-0.39, 0.29) is 11.6 Å². The van der Waals surface area contributed by atoms with Gasteiger partial charge in [0.2, 0.25) is 0 Å². The average Bonchev–Trinajstić information content (AvgIpc) is 3.55. The van der Waals surface area contributed by atoms with E-state index < -0.39 is 22.4 Å². The molecule has 1 aliphatic heterocycles. The normalized spacial score (nSPS) is 14.8. The number of ether oxygens (including phenoxy) is 2. The first-order chi connectivity index (χ1) is 24.1. The molecule has 3 aromatic heterocycles. The van der Waals surface area contributed by atoms with Crippen molar-refractivity contribution < 1.29 is 18.7 Å². The number of thiazole rings is 2. The lowest BCUT2D eigenvalue weighted by Gasteiger charge is -2.35. The molecule has 0 radical (unpaired) electrons. The van der Waals surface area contributed by atoms with E-state index in [1.54, 1.807) is 11.3 Å². The summed E-state index contributed by atoms with van der Waals surface area (Å²) in [6.07, 6.45) is 6.72. The van der Waals surface area contributed by atoms with Gasteiger partial charge in [-0.25, -0.2) is 9.78 Å². The third-order valence-corrected chi connectivity index (χ3v) is 17.9. The highest BCUT2D eigenvalue weighted by atomic mass is 32.1. The second-order valence-corrected chi connectivity index (χ2v) is 28.2. The van der Waals surface area contributed by atoms with Gasteiger partial charge in [-0.2, -0.15) is 4.99 Å². The molecule has 0 saturated carbocycles. The van der Waals surface area contributed by atoms with Crippen LogP contribution in [0.3, 0.4) is 0 Å². The van der Waals surface area contributed by atoms with Gasteiger partial charge in [-0.3, -0.25) is 4.57 Å². The summed E-state index contributed by atoms with van der Waals surface area (Å²) in [7, 11) is -3.12. The van der Waals surface area contributed by atoms with Crippen molar-refractivity contribution in [3.8, 4) is 0 Å². The van der Waals surface area contributed by atoms with E-state index in [9.17, 15) is 4.79 Å². The molecule has 5 rings (SSSR count). The van der Waals surface area contributed by atoms with Crippen LogP contribution in [0.15, 0.2) is 35.3 Å². The zero-order valence-electron chi connectivity index (χ0n) is 32.0. The lowest BCUT2D eigenvalue weighted by atomic mass is 10.1. The summed E-state index contributed by atoms with van der Waals surface area (Å²) < 4.78 is 21.3. The molecule has 14 heteroatoms. The van der Waals surface area contributed by atoms with E-state index in [0.717, 1.165) is 75.3 Å². The molecule has 0 saturated heterocycles. The summed E-state index contributed by atoms with van der Waals surface area (Å²) >= 11 is 3.10. The van der Waals surface area contributed by atoms with Crippen molar-refractivity contribution >= 4 is 78.1 Å². The summed E-state index contributed by atoms with van der Waals surface area (Å²) in [5.41, 5.74) is 3.51. The lowest BCUT2D eigenvalue weighted by molar-refractivity contribution is 0.0520. The van der Waals surface area contributed by atoms with E-state index in [0.29, 0.717) is 30.0 Å². The van der Waals surface area contributed by atoms with Gasteiger partial charge in [-0.15, -0.1) is 10.2 Å². The predicted molar refractivity (Wildman–Crippen MR) is 216 cm³/mol. The van der Waals surface area contributed by atoms with E-state index in [4.69, 9.17) is 34.1 Å². The fourth-order valence-electron chi connectivity index (χ4n) is 5.40. The highest BCUT2D eigenvalue weighted by Gasteiger charge is 2.36. The van der Waals surface area contributed by atoms with Crippen LogP contribution in [-0.4, -0.2) is 68.5 Å². The number of carbonyl (C=O) groups excluding carboxylic acids is 1. The van der Waals surface area contributed by atoms with Crippen LogP contribution in [-0.2, 0) is 27.1 Å². The van der Waals surface area contributed by atoms with Crippen molar-refractivity contribution in [2.24, 2.45) is 4.99 Å². The highest BCUT2D eigenvalue weighted by Crippen LogP contribution is 2.39. The van der Waals surface area contributed by atoms with Crippen molar-refractivity contribution in [2.75, 3.05) is 31.3 Å². The first-order valence-corrected chi connectivity index (χ1v) is 26.2. The molecule has 0 fully saturated rings. The molecular formula is C37H54N6O4S2Si2. The summed E-state index contributed by atoms with van der Waals surface area (Å²) in [6.45, 7) is 24.8. The zero-order valence-corrected chi connectivity index (χ0v) is 35.6.